The Morgan fingerprint density at radius 1 is 1.28 bits per heavy atom. The molecule has 2 fully saturated rings. The van der Waals surface area contributed by atoms with Gasteiger partial charge in [-0.05, 0) is 19.4 Å². The monoisotopic (exact) mass is 341 g/mol. The maximum atomic E-state index is 9.28. The molecule has 7 heteroatoms. The number of rotatable bonds is 4. The Labute approximate surface area is 145 Å². The Balaban J connectivity index is 1.59. The number of nitrogens with one attached hydrogen (secondary N) is 1. The van der Waals surface area contributed by atoms with Crippen molar-refractivity contribution in [2.75, 3.05) is 0 Å². The van der Waals surface area contributed by atoms with Gasteiger partial charge in [0.05, 0.1) is 24.1 Å². The smallest absolute Gasteiger partial charge is 0.190 e. The molecule has 2 saturated heterocycles. The van der Waals surface area contributed by atoms with Gasteiger partial charge in [-0.25, -0.2) is 0 Å². The van der Waals surface area contributed by atoms with Crippen LogP contribution in [0.3, 0.4) is 0 Å². The number of benzene rings is 1. The molecule has 4 atom stereocenters. The Hall–Kier alpha value is -2.24. The van der Waals surface area contributed by atoms with Crippen LogP contribution in [-0.2, 0) is 25.6 Å². The lowest BCUT2D eigenvalue weighted by Gasteiger charge is -2.25. The lowest BCUT2D eigenvalue weighted by Crippen LogP contribution is -2.34. The Morgan fingerprint density at radius 3 is 2.84 bits per heavy atom. The van der Waals surface area contributed by atoms with E-state index in [1.165, 1.54) is 6.20 Å². The van der Waals surface area contributed by atoms with Crippen molar-refractivity contribution >= 4 is 0 Å². The van der Waals surface area contributed by atoms with E-state index < -0.39 is 24.3 Å². The van der Waals surface area contributed by atoms with Crippen molar-refractivity contribution in [1.82, 2.24) is 10.2 Å². The molecule has 2 aliphatic rings. The number of ether oxygens (including phenoxy) is 4. The highest BCUT2D eigenvalue weighted by molar-refractivity contribution is 5.33. The summed E-state index contributed by atoms with van der Waals surface area (Å²) in [6.07, 6.45) is -0.368. The fraction of sp³-hybridized carbons (Fsp3) is 0.444. The van der Waals surface area contributed by atoms with E-state index in [1.54, 1.807) is 0 Å². The van der Waals surface area contributed by atoms with Crippen molar-refractivity contribution < 1.29 is 18.9 Å². The molecule has 0 unspecified atom stereocenters. The molecule has 0 radical (unpaired) electrons. The molecule has 4 rings (SSSR count). The van der Waals surface area contributed by atoms with Crippen LogP contribution in [0.25, 0.3) is 0 Å². The number of hydrogen-bond donors (Lipinski definition) is 1. The van der Waals surface area contributed by atoms with Crippen molar-refractivity contribution in [1.29, 1.82) is 5.26 Å². The maximum Gasteiger partial charge on any atom is 0.190 e. The van der Waals surface area contributed by atoms with E-state index in [2.05, 4.69) is 16.3 Å². The van der Waals surface area contributed by atoms with Gasteiger partial charge in [0.25, 0.3) is 0 Å². The molecular formula is C18H19N3O4. The first-order valence-corrected chi connectivity index (χ1v) is 8.17. The highest BCUT2D eigenvalue weighted by Gasteiger charge is 2.56. The van der Waals surface area contributed by atoms with Gasteiger partial charge in [-0.3, -0.25) is 5.10 Å². The van der Waals surface area contributed by atoms with Crippen molar-refractivity contribution in [3.05, 3.63) is 53.3 Å². The van der Waals surface area contributed by atoms with Crippen LogP contribution in [0.1, 0.15) is 36.8 Å². The normalized spacial score (nSPS) is 30.1. The molecular weight excluding hydrogens is 322 g/mol. The van der Waals surface area contributed by atoms with Gasteiger partial charge in [0.2, 0.25) is 0 Å². The standard InChI is InChI=1S/C18H19N3O4/c1-18(2)24-16-15(22-10-11-6-4-3-5-7-11)14(23-17(16)25-18)13-12(8-19)9-20-21-13/h3-7,9,14-17H,10H2,1-2H3,(H,20,21)/t14-,15+,16+,17+/m1/s1. The fourth-order valence-corrected chi connectivity index (χ4v) is 3.26. The number of aromatic amines is 1. The number of hydrogen-bond acceptors (Lipinski definition) is 6. The summed E-state index contributed by atoms with van der Waals surface area (Å²) in [6, 6.07) is 12.0. The topological polar surface area (TPSA) is 89.4 Å². The van der Waals surface area contributed by atoms with Crippen LogP contribution in [0, 0.1) is 11.3 Å². The number of fused-ring (bicyclic) bond motifs is 1. The predicted molar refractivity (Wildman–Crippen MR) is 86.0 cm³/mol. The third kappa shape index (κ3) is 3.05. The molecule has 7 nitrogen and oxygen atoms in total. The van der Waals surface area contributed by atoms with Crippen LogP contribution >= 0.6 is 0 Å². The minimum Gasteiger partial charge on any atom is -0.367 e. The van der Waals surface area contributed by atoms with E-state index in [0.717, 1.165) is 5.56 Å². The summed E-state index contributed by atoms with van der Waals surface area (Å²) in [5.41, 5.74) is 2.06. The van der Waals surface area contributed by atoms with Gasteiger partial charge in [-0.1, -0.05) is 30.3 Å². The van der Waals surface area contributed by atoms with Gasteiger partial charge < -0.3 is 18.9 Å². The van der Waals surface area contributed by atoms with Gasteiger partial charge in [0.1, 0.15) is 24.4 Å². The molecule has 0 bridgehead atoms. The van der Waals surface area contributed by atoms with Crippen LogP contribution in [-0.4, -0.2) is 34.5 Å². The second-order valence-electron chi connectivity index (χ2n) is 6.60. The Bertz CT molecular complexity index is 783. The molecule has 25 heavy (non-hydrogen) atoms. The third-order valence-electron chi connectivity index (χ3n) is 4.35. The van der Waals surface area contributed by atoms with E-state index >= 15 is 0 Å². The maximum absolute atomic E-state index is 9.28. The summed E-state index contributed by atoms with van der Waals surface area (Å²) in [5, 5.41) is 16.1. The molecule has 0 saturated carbocycles. The van der Waals surface area contributed by atoms with E-state index in [-0.39, 0.29) is 6.10 Å². The predicted octanol–water partition coefficient (Wildman–Crippen LogP) is 2.42. The van der Waals surface area contributed by atoms with Crippen molar-refractivity contribution in [3.8, 4) is 6.07 Å². The zero-order valence-electron chi connectivity index (χ0n) is 14.0. The van der Waals surface area contributed by atoms with E-state index in [9.17, 15) is 5.26 Å². The highest BCUT2D eigenvalue weighted by Crippen LogP contribution is 2.44. The van der Waals surface area contributed by atoms with Crippen LogP contribution in [0.2, 0.25) is 0 Å². The summed E-state index contributed by atoms with van der Waals surface area (Å²) in [7, 11) is 0. The minimum absolute atomic E-state index is 0.376. The van der Waals surface area contributed by atoms with Crippen molar-refractivity contribution in [3.63, 3.8) is 0 Å². The average Bonchev–Trinajstić information content (AvgIpc) is 3.25. The van der Waals surface area contributed by atoms with Crippen LogP contribution in [0.5, 0.6) is 0 Å². The number of aromatic nitrogens is 2. The zero-order valence-corrected chi connectivity index (χ0v) is 14.0. The number of nitriles is 1. The molecule has 1 N–H and O–H groups in total. The van der Waals surface area contributed by atoms with Crippen molar-refractivity contribution in [2.45, 2.75) is 50.8 Å². The molecule has 2 aliphatic heterocycles. The summed E-state index contributed by atoms with van der Waals surface area (Å²) in [5.74, 6) is -0.735. The lowest BCUT2D eigenvalue weighted by atomic mass is 10.0. The average molecular weight is 341 g/mol. The van der Waals surface area contributed by atoms with Gasteiger partial charge in [0, 0.05) is 0 Å². The summed E-state index contributed by atoms with van der Waals surface area (Å²) >= 11 is 0. The minimum atomic E-state index is -0.735. The second-order valence-corrected chi connectivity index (χ2v) is 6.60. The number of H-pyrrole nitrogens is 1. The van der Waals surface area contributed by atoms with E-state index in [4.69, 9.17) is 18.9 Å². The molecule has 130 valence electrons. The third-order valence-corrected chi connectivity index (χ3v) is 4.35. The fourth-order valence-electron chi connectivity index (χ4n) is 3.26. The first kappa shape index (κ1) is 16.2. The molecule has 1 aromatic heterocycles. The summed E-state index contributed by atoms with van der Waals surface area (Å²) in [6.45, 7) is 4.10. The van der Waals surface area contributed by atoms with Gasteiger partial charge in [-0.2, -0.15) is 10.4 Å². The highest BCUT2D eigenvalue weighted by atomic mass is 16.8. The molecule has 0 spiro atoms. The number of nitrogens with zero attached hydrogens (tertiary/aromatic N) is 2. The Kier molecular flexibility index (Phi) is 4.06. The van der Waals surface area contributed by atoms with E-state index in [1.807, 2.05) is 44.2 Å². The SMILES string of the molecule is CC1(C)O[C@@H]2O[C@H](c3[nH]ncc3C#N)[C@H](OCc3ccccc3)[C@@H]2O1. The molecule has 0 amide bonds. The Morgan fingerprint density at radius 2 is 2.08 bits per heavy atom. The quantitative estimate of drug-likeness (QED) is 0.918. The lowest BCUT2D eigenvalue weighted by molar-refractivity contribution is -0.220. The van der Waals surface area contributed by atoms with Gasteiger partial charge in [-0.15, -0.1) is 0 Å². The van der Waals surface area contributed by atoms with Crippen LogP contribution < -0.4 is 0 Å². The van der Waals surface area contributed by atoms with Crippen LogP contribution in [0.15, 0.2) is 36.5 Å². The molecule has 0 aliphatic carbocycles. The van der Waals surface area contributed by atoms with Gasteiger partial charge >= 0.3 is 0 Å². The first-order valence-electron chi connectivity index (χ1n) is 8.17. The molecule has 1 aromatic carbocycles. The largest absolute Gasteiger partial charge is 0.367 e. The summed E-state index contributed by atoms with van der Waals surface area (Å²) < 4.78 is 24.0. The van der Waals surface area contributed by atoms with Crippen molar-refractivity contribution in [2.24, 2.45) is 0 Å². The van der Waals surface area contributed by atoms with Crippen LogP contribution in [0.4, 0.5) is 0 Å². The second kappa shape index (κ2) is 6.24. The molecule has 2 aromatic rings. The molecule has 3 heterocycles. The zero-order chi connectivity index (χ0) is 17.4. The summed E-state index contributed by atoms with van der Waals surface area (Å²) in [4.78, 5) is 0. The van der Waals surface area contributed by atoms with Gasteiger partial charge in [0.15, 0.2) is 12.1 Å². The van der Waals surface area contributed by atoms with E-state index in [0.29, 0.717) is 17.9 Å². The first-order chi connectivity index (χ1) is 12.1.